The molecule has 0 aromatic heterocycles. The number of hydrogen-bond acceptors (Lipinski definition) is 6. The molecule has 3 rings (SSSR count). The van der Waals surface area contributed by atoms with E-state index in [4.69, 9.17) is 4.74 Å². The van der Waals surface area contributed by atoms with E-state index < -0.39 is 57.3 Å². The Morgan fingerprint density at radius 1 is 1.08 bits per heavy atom. The summed E-state index contributed by atoms with van der Waals surface area (Å²) in [5.41, 5.74) is -6.24. The molecule has 1 aliphatic rings. The quantitative estimate of drug-likeness (QED) is 0.480. The van der Waals surface area contributed by atoms with E-state index in [1.165, 1.54) is 25.3 Å². The Kier molecular flexibility index (Phi) is 8.12. The van der Waals surface area contributed by atoms with Crippen molar-refractivity contribution in [1.82, 2.24) is 4.90 Å². The van der Waals surface area contributed by atoms with Crippen LogP contribution in [0.25, 0.3) is 0 Å². The largest absolute Gasteiger partial charge is 0.430 e. The first-order chi connectivity index (χ1) is 17.9. The van der Waals surface area contributed by atoms with Crippen LogP contribution in [-0.4, -0.2) is 62.1 Å². The van der Waals surface area contributed by atoms with Crippen LogP contribution in [0.4, 0.5) is 32.0 Å². The number of carbonyl (C=O) groups is 2. The topological polar surface area (TPSA) is 113 Å². The number of nitrogens with one attached hydrogen (secondary N) is 1. The van der Waals surface area contributed by atoms with Crippen LogP contribution in [0.2, 0.25) is 0 Å². The summed E-state index contributed by atoms with van der Waals surface area (Å²) in [5.74, 6) is -1.46. The molecule has 8 nitrogen and oxygen atoms in total. The molecule has 0 spiro atoms. The zero-order valence-corrected chi connectivity index (χ0v) is 21.5. The van der Waals surface area contributed by atoms with Crippen molar-refractivity contribution in [3.05, 3.63) is 59.2 Å². The molecule has 1 heterocycles. The second-order valence-electron chi connectivity index (χ2n) is 8.91. The summed E-state index contributed by atoms with van der Waals surface area (Å²) in [4.78, 5) is 27.5. The average Bonchev–Trinajstić information content (AvgIpc) is 3.21. The molecule has 0 aliphatic carbocycles. The number of halogens is 6. The van der Waals surface area contributed by atoms with Crippen molar-refractivity contribution in [2.24, 2.45) is 0 Å². The van der Waals surface area contributed by atoms with Gasteiger partial charge >= 0.3 is 12.4 Å². The van der Waals surface area contributed by atoms with E-state index in [0.29, 0.717) is 17.7 Å². The maximum atomic E-state index is 13.3. The van der Waals surface area contributed by atoms with E-state index in [2.05, 4.69) is 5.32 Å². The smallest absolute Gasteiger partial charge is 0.372 e. The lowest BCUT2D eigenvalue weighted by molar-refractivity contribution is -0.376. The third-order valence-electron chi connectivity index (χ3n) is 6.34. The second kappa shape index (κ2) is 10.4. The summed E-state index contributed by atoms with van der Waals surface area (Å²) >= 11 is 0. The molecule has 0 saturated carbocycles. The molecule has 2 aromatic rings. The van der Waals surface area contributed by atoms with Gasteiger partial charge in [0.25, 0.3) is 17.4 Å². The Morgan fingerprint density at radius 3 is 2.10 bits per heavy atom. The Hall–Kier alpha value is -3.17. The van der Waals surface area contributed by atoms with E-state index in [1.807, 2.05) is 0 Å². The molecule has 2 N–H and O–H groups in total. The number of methoxy groups -OCH3 is 1. The number of carbonyl (C=O) groups excluding carboxylic acids is 2. The van der Waals surface area contributed by atoms with Crippen LogP contribution in [0.1, 0.15) is 36.1 Å². The molecule has 2 unspecified atom stereocenters. The normalized spacial score (nSPS) is 17.1. The van der Waals surface area contributed by atoms with Crippen LogP contribution in [0.15, 0.2) is 47.4 Å². The van der Waals surface area contributed by atoms with Gasteiger partial charge in [-0.2, -0.15) is 26.3 Å². The van der Waals surface area contributed by atoms with Crippen molar-refractivity contribution in [1.29, 1.82) is 0 Å². The van der Waals surface area contributed by atoms with E-state index in [0.717, 1.165) is 23.3 Å². The van der Waals surface area contributed by atoms with E-state index in [1.54, 1.807) is 6.92 Å². The first-order valence-electron chi connectivity index (χ1n) is 11.3. The van der Waals surface area contributed by atoms with Gasteiger partial charge in [0.1, 0.15) is 12.1 Å². The minimum atomic E-state index is -6.08. The summed E-state index contributed by atoms with van der Waals surface area (Å²) in [5, 5.41) is 11.9. The summed E-state index contributed by atoms with van der Waals surface area (Å²) in [6.45, 7) is 1.51. The van der Waals surface area contributed by atoms with Crippen LogP contribution in [0.5, 0.6) is 0 Å². The summed E-state index contributed by atoms with van der Waals surface area (Å²) in [7, 11) is -2.33. The lowest BCUT2D eigenvalue weighted by atomic mass is 9.92. The average molecular weight is 583 g/mol. The number of ether oxygens (including phenoxy) is 1. The van der Waals surface area contributed by atoms with E-state index in [9.17, 15) is 49.5 Å². The Morgan fingerprint density at radius 2 is 1.64 bits per heavy atom. The zero-order valence-electron chi connectivity index (χ0n) is 20.7. The van der Waals surface area contributed by atoms with E-state index >= 15 is 0 Å². The zero-order chi connectivity index (χ0) is 29.6. The lowest BCUT2D eigenvalue weighted by Crippen LogP contribution is -2.53. The number of benzene rings is 2. The molecule has 39 heavy (non-hydrogen) atoms. The van der Waals surface area contributed by atoms with Gasteiger partial charge < -0.3 is 20.1 Å². The fraction of sp³-hybridized carbons (Fsp3) is 0.417. The summed E-state index contributed by atoms with van der Waals surface area (Å²) in [6, 6.07) is 4.84. The van der Waals surface area contributed by atoms with Crippen molar-refractivity contribution in [3.8, 4) is 0 Å². The molecular weight excluding hydrogens is 558 g/mol. The number of alkyl halides is 6. The molecule has 0 bridgehead atoms. The fourth-order valence-corrected chi connectivity index (χ4v) is 4.94. The number of anilines is 1. The third kappa shape index (κ3) is 5.61. The van der Waals surface area contributed by atoms with Gasteiger partial charge in [0, 0.05) is 31.2 Å². The molecule has 2 aromatic carbocycles. The van der Waals surface area contributed by atoms with Gasteiger partial charge in [0.2, 0.25) is 0 Å². The van der Waals surface area contributed by atoms with Gasteiger partial charge in [-0.15, -0.1) is 0 Å². The number of aliphatic hydroxyl groups is 1. The fourth-order valence-electron chi connectivity index (χ4n) is 4.27. The SMILES string of the molecule is CCC(OC)C(=O)N1Cc2cc(S(C)(=O)=O)ccc2C1C(=O)Nc1ccc(C(O)(C(F)(F)F)C(F)(F)F)cc1. The van der Waals surface area contributed by atoms with E-state index in [-0.39, 0.29) is 29.1 Å². The maximum absolute atomic E-state index is 13.3. The molecule has 0 fully saturated rings. The van der Waals surface area contributed by atoms with Crippen LogP contribution >= 0.6 is 0 Å². The number of rotatable bonds is 7. The molecule has 2 amide bonds. The number of nitrogens with zero attached hydrogens (tertiary/aromatic N) is 1. The Labute approximate surface area is 219 Å². The van der Waals surface area contributed by atoms with Crippen molar-refractivity contribution in [2.75, 3.05) is 18.7 Å². The highest BCUT2D eigenvalue weighted by atomic mass is 32.2. The summed E-state index contributed by atoms with van der Waals surface area (Å²) < 4.78 is 108. The predicted molar refractivity (Wildman–Crippen MR) is 125 cm³/mol. The molecule has 15 heteroatoms. The highest BCUT2D eigenvalue weighted by Gasteiger charge is 2.71. The van der Waals surface area contributed by atoms with Gasteiger partial charge in [-0.25, -0.2) is 8.42 Å². The maximum Gasteiger partial charge on any atom is 0.430 e. The Balaban J connectivity index is 1.98. The van der Waals surface area contributed by atoms with Gasteiger partial charge in [0.15, 0.2) is 9.84 Å². The van der Waals surface area contributed by atoms with Crippen LogP contribution < -0.4 is 5.32 Å². The highest BCUT2D eigenvalue weighted by molar-refractivity contribution is 7.90. The molecular formula is C24H24F6N2O6S. The van der Waals surface area contributed by atoms with Gasteiger partial charge in [-0.05, 0) is 41.8 Å². The van der Waals surface area contributed by atoms with Crippen LogP contribution in [0, 0.1) is 0 Å². The minimum Gasteiger partial charge on any atom is -0.372 e. The van der Waals surface area contributed by atoms with Gasteiger partial charge in [0.05, 0.1) is 4.90 Å². The lowest BCUT2D eigenvalue weighted by Gasteiger charge is -2.32. The third-order valence-corrected chi connectivity index (χ3v) is 7.45. The molecule has 0 saturated heterocycles. The molecule has 1 aliphatic heterocycles. The first kappa shape index (κ1) is 30.4. The van der Waals surface area contributed by atoms with Gasteiger partial charge in [-0.3, -0.25) is 9.59 Å². The number of sulfone groups is 1. The van der Waals surface area contributed by atoms with Crippen molar-refractivity contribution < 1.29 is 54.2 Å². The molecule has 2 atom stereocenters. The van der Waals surface area contributed by atoms with Crippen LogP contribution in [-0.2, 0) is 36.3 Å². The van der Waals surface area contributed by atoms with Crippen LogP contribution in [0.3, 0.4) is 0 Å². The summed E-state index contributed by atoms with van der Waals surface area (Å²) in [6.07, 6.45) is -11.9. The molecule has 0 radical (unpaired) electrons. The number of amides is 2. The highest BCUT2D eigenvalue weighted by Crippen LogP contribution is 2.50. The van der Waals surface area contributed by atoms with Gasteiger partial charge in [-0.1, -0.05) is 25.1 Å². The van der Waals surface area contributed by atoms with Crippen molar-refractivity contribution in [3.63, 3.8) is 0 Å². The standard InChI is InChI=1S/C24H24F6N2O6S/c1-4-18(38-2)21(34)32-12-13-11-16(39(3,36)37)9-10-17(13)19(32)20(33)31-15-7-5-14(6-8-15)22(35,23(25,26)27)24(28,29)30/h5-11,18-19,35H,4,12H2,1-3H3,(H,31,33). The second-order valence-corrected chi connectivity index (χ2v) is 10.9. The number of hydrogen-bond donors (Lipinski definition) is 2. The minimum absolute atomic E-state index is 0.0501. The van der Waals surface area contributed by atoms with Crippen molar-refractivity contribution in [2.45, 2.75) is 54.9 Å². The molecule has 214 valence electrons. The monoisotopic (exact) mass is 582 g/mol. The number of fused-ring (bicyclic) bond motifs is 1. The Bertz CT molecular complexity index is 1340. The predicted octanol–water partition coefficient (Wildman–Crippen LogP) is 3.85. The van der Waals surface area contributed by atoms with Crippen molar-refractivity contribution >= 4 is 27.3 Å². The first-order valence-corrected chi connectivity index (χ1v) is 13.2.